The summed E-state index contributed by atoms with van der Waals surface area (Å²) in [6, 6.07) is 5.65. The number of anilines is 1. The van der Waals surface area contributed by atoms with E-state index in [9.17, 15) is 8.78 Å². The molecule has 0 amide bonds. The molecule has 1 aliphatic rings. The third-order valence-corrected chi connectivity index (χ3v) is 3.82. The van der Waals surface area contributed by atoms with E-state index < -0.39 is 11.6 Å². The fraction of sp³-hybridized carbons (Fsp3) is 0.375. The maximum Gasteiger partial charge on any atom is 0.132 e. The lowest BCUT2D eigenvalue weighted by Gasteiger charge is -2.17. The summed E-state index contributed by atoms with van der Waals surface area (Å²) >= 11 is 0. The van der Waals surface area contributed by atoms with Gasteiger partial charge in [-0.3, -0.25) is 0 Å². The molecule has 0 N–H and O–H groups in total. The topological polar surface area (TPSA) is 29.0 Å². The quantitative estimate of drug-likeness (QED) is 0.869. The second-order valence-corrected chi connectivity index (χ2v) is 5.54. The van der Waals surface area contributed by atoms with Crippen LogP contribution in [0.15, 0.2) is 30.5 Å². The highest BCUT2D eigenvalue weighted by atomic mass is 19.1. The zero-order chi connectivity index (χ0) is 14.8. The Kier molecular flexibility index (Phi) is 3.82. The van der Waals surface area contributed by atoms with Crippen molar-refractivity contribution in [3.8, 4) is 0 Å². The minimum atomic E-state index is -0.508. The molecule has 0 spiro atoms. The molecule has 1 fully saturated rings. The summed E-state index contributed by atoms with van der Waals surface area (Å²) in [7, 11) is 0. The molecule has 21 heavy (non-hydrogen) atoms. The maximum absolute atomic E-state index is 13.2. The van der Waals surface area contributed by atoms with Crippen LogP contribution in [0.2, 0.25) is 0 Å². The summed E-state index contributed by atoms with van der Waals surface area (Å²) in [6.45, 7) is 3.64. The number of nitrogens with zero attached hydrogens (tertiary/aromatic N) is 3. The average Bonchev–Trinajstić information content (AvgIpc) is 2.86. The lowest BCUT2D eigenvalue weighted by Crippen LogP contribution is -2.21. The molecule has 1 unspecified atom stereocenters. The van der Waals surface area contributed by atoms with Crippen LogP contribution in [0.25, 0.3) is 0 Å². The minimum Gasteiger partial charge on any atom is -0.356 e. The van der Waals surface area contributed by atoms with Crippen LogP contribution in [0.3, 0.4) is 0 Å². The number of hydrogen-bond acceptors (Lipinski definition) is 3. The Labute approximate surface area is 122 Å². The van der Waals surface area contributed by atoms with E-state index in [4.69, 9.17) is 0 Å². The SMILES string of the molecule is Cc1nccc(N2CCC(Cc3cc(F)cc(F)c3)C2)n1. The van der Waals surface area contributed by atoms with Gasteiger partial charge in [-0.05, 0) is 49.4 Å². The number of aromatic nitrogens is 2. The Morgan fingerprint density at radius 3 is 2.71 bits per heavy atom. The lowest BCUT2D eigenvalue weighted by molar-refractivity contribution is 0.558. The van der Waals surface area contributed by atoms with Crippen LogP contribution < -0.4 is 4.90 Å². The van der Waals surface area contributed by atoms with Crippen molar-refractivity contribution in [2.24, 2.45) is 5.92 Å². The summed E-state index contributed by atoms with van der Waals surface area (Å²) < 4.78 is 26.4. The van der Waals surface area contributed by atoms with Gasteiger partial charge < -0.3 is 4.90 Å². The van der Waals surface area contributed by atoms with Crippen molar-refractivity contribution < 1.29 is 8.78 Å². The maximum atomic E-state index is 13.2. The molecule has 1 atom stereocenters. The van der Waals surface area contributed by atoms with E-state index in [1.807, 2.05) is 13.0 Å². The molecular formula is C16H17F2N3. The third-order valence-electron chi connectivity index (χ3n) is 3.82. The normalized spacial score (nSPS) is 18.2. The van der Waals surface area contributed by atoms with Crippen LogP contribution in [0, 0.1) is 24.5 Å². The Bertz CT molecular complexity index is 625. The van der Waals surface area contributed by atoms with Gasteiger partial charge in [0.05, 0.1) is 0 Å². The first-order chi connectivity index (χ1) is 10.1. The molecule has 2 heterocycles. The van der Waals surface area contributed by atoms with Crippen molar-refractivity contribution in [3.05, 3.63) is 53.5 Å². The molecule has 0 saturated carbocycles. The highest BCUT2D eigenvalue weighted by molar-refractivity contribution is 5.39. The Hall–Kier alpha value is -2.04. The van der Waals surface area contributed by atoms with E-state index in [1.54, 1.807) is 6.20 Å². The van der Waals surface area contributed by atoms with E-state index in [2.05, 4.69) is 14.9 Å². The largest absolute Gasteiger partial charge is 0.356 e. The van der Waals surface area contributed by atoms with E-state index in [-0.39, 0.29) is 0 Å². The predicted octanol–water partition coefficient (Wildman–Crippen LogP) is 3.13. The Morgan fingerprint density at radius 1 is 1.24 bits per heavy atom. The van der Waals surface area contributed by atoms with Crippen molar-refractivity contribution in [2.75, 3.05) is 18.0 Å². The second kappa shape index (κ2) is 5.76. The number of aryl methyl sites for hydroxylation is 1. The summed E-state index contributed by atoms with van der Waals surface area (Å²) in [5, 5.41) is 0. The van der Waals surface area contributed by atoms with E-state index >= 15 is 0 Å². The van der Waals surface area contributed by atoms with Gasteiger partial charge >= 0.3 is 0 Å². The van der Waals surface area contributed by atoms with Gasteiger partial charge in [0.25, 0.3) is 0 Å². The molecule has 2 aromatic rings. The van der Waals surface area contributed by atoms with Crippen LogP contribution >= 0.6 is 0 Å². The predicted molar refractivity (Wildman–Crippen MR) is 77.2 cm³/mol. The molecule has 5 heteroatoms. The highest BCUT2D eigenvalue weighted by Gasteiger charge is 2.24. The number of benzene rings is 1. The molecule has 1 aromatic carbocycles. The van der Waals surface area contributed by atoms with E-state index in [1.165, 1.54) is 12.1 Å². The van der Waals surface area contributed by atoms with Gasteiger partial charge in [-0.1, -0.05) is 0 Å². The second-order valence-electron chi connectivity index (χ2n) is 5.54. The molecule has 1 saturated heterocycles. The molecule has 1 aliphatic heterocycles. The Balaban J connectivity index is 1.67. The van der Waals surface area contributed by atoms with Gasteiger partial charge in [0, 0.05) is 25.4 Å². The molecular weight excluding hydrogens is 272 g/mol. The first kappa shape index (κ1) is 13.9. The molecule has 1 aromatic heterocycles. The summed E-state index contributed by atoms with van der Waals surface area (Å²) in [4.78, 5) is 10.7. The van der Waals surface area contributed by atoms with Crippen LogP contribution in [0.4, 0.5) is 14.6 Å². The van der Waals surface area contributed by atoms with Gasteiger partial charge in [0.15, 0.2) is 0 Å². The number of rotatable bonds is 3. The summed E-state index contributed by atoms with van der Waals surface area (Å²) in [5.74, 6) is 1.05. The standard InChI is InChI=1S/C16H17F2N3/c1-11-19-4-2-16(20-11)21-5-3-12(10-21)6-13-7-14(17)9-15(18)8-13/h2,4,7-9,12H,3,5-6,10H2,1H3. The lowest BCUT2D eigenvalue weighted by atomic mass is 9.98. The van der Waals surface area contributed by atoms with E-state index in [0.29, 0.717) is 12.3 Å². The third kappa shape index (κ3) is 3.35. The van der Waals surface area contributed by atoms with Gasteiger partial charge in [0.1, 0.15) is 23.3 Å². The monoisotopic (exact) mass is 289 g/mol. The zero-order valence-corrected chi connectivity index (χ0v) is 11.9. The molecule has 110 valence electrons. The van der Waals surface area contributed by atoms with Crippen LogP contribution in [-0.4, -0.2) is 23.1 Å². The molecule has 3 nitrogen and oxygen atoms in total. The fourth-order valence-electron chi connectivity index (χ4n) is 2.89. The fourth-order valence-corrected chi connectivity index (χ4v) is 2.89. The van der Waals surface area contributed by atoms with Gasteiger partial charge in [-0.15, -0.1) is 0 Å². The van der Waals surface area contributed by atoms with Crippen LogP contribution in [-0.2, 0) is 6.42 Å². The van der Waals surface area contributed by atoms with Gasteiger partial charge in [-0.25, -0.2) is 18.7 Å². The first-order valence-electron chi connectivity index (χ1n) is 7.10. The number of hydrogen-bond donors (Lipinski definition) is 0. The minimum absolute atomic E-state index is 0.390. The first-order valence-corrected chi connectivity index (χ1v) is 7.10. The highest BCUT2D eigenvalue weighted by Crippen LogP contribution is 2.25. The average molecular weight is 289 g/mol. The van der Waals surface area contributed by atoms with Crippen molar-refractivity contribution in [1.82, 2.24) is 9.97 Å². The van der Waals surface area contributed by atoms with Gasteiger partial charge in [-0.2, -0.15) is 0 Å². The molecule has 0 radical (unpaired) electrons. The van der Waals surface area contributed by atoms with Crippen molar-refractivity contribution in [2.45, 2.75) is 19.8 Å². The molecule has 0 bridgehead atoms. The van der Waals surface area contributed by atoms with Crippen LogP contribution in [0.1, 0.15) is 17.8 Å². The van der Waals surface area contributed by atoms with Crippen molar-refractivity contribution in [3.63, 3.8) is 0 Å². The summed E-state index contributed by atoms with van der Waals surface area (Å²) in [5.41, 5.74) is 0.721. The van der Waals surface area contributed by atoms with Crippen LogP contribution in [0.5, 0.6) is 0 Å². The number of halogens is 2. The summed E-state index contributed by atoms with van der Waals surface area (Å²) in [6.07, 6.45) is 3.45. The van der Waals surface area contributed by atoms with Crippen molar-refractivity contribution >= 4 is 5.82 Å². The van der Waals surface area contributed by atoms with Crippen molar-refractivity contribution in [1.29, 1.82) is 0 Å². The van der Waals surface area contributed by atoms with Gasteiger partial charge in [0.2, 0.25) is 0 Å². The smallest absolute Gasteiger partial charge is 0.132 e. The molecule has 0 aliphatic carbocycles. The van der Waals surface area contributed by atoms with E-state index in [0.717, 1.165) is 42.8 Å². The molecule has 3 rings (SSSR count). The Morgan fingerprint density at radius 2 is 2.00 bits per heavy atom. The zero-order valence-electron chi connectivity index (χ0n) is 11.9.